The Bertz CT molecular complexity index is 652. The van der Waals surface area contributed by atoms with Crippen LogP contribution in [0, 0.1) is 0 Å². The Balaban J connectivity index is 2.02. The predicted molar refractivity (Wildman–Crippen MR) is 63.9 cm³/mol. The molecular weight excluding hydrogens is 282 g/mol. The fourth-order valence-corrected chi connectivity index (χ4v) is 2.34. The number of imide groups is 2. The largest absolute Gasteiger partial charge is 0.369 e. The van der Waals surface area contributed by atoms with Gasteiger partial charge in [0.25, 0.3) is 17.7 Å². The third-order valence-corrected chi connectivity index (χ3v) is 3.34. The molecule has 5 amide bonds. The number of rotatable bonds is 1. The van der Waals surface area contributed by atoms with Crippen LogP contribution in [0.25, 0.3) is 0 Å². The molecule has 2 heterocycles. The van der Waals surface area contributed by atoms with Gasteiger partial charge >= 0.3 is 6.03 Å². The van der Waals surface area contributed by atoms with E-state index >= 15 is 0 Å². The quantitative estimate of drug-likeness (QED) is 0.445. The first kappa shape index (κ1) is 13.2. The number of benzene rings is 1. The van der Waals surface area contributed by atoms with Crippen LogP contribution in [-0.2, 0) is 4.79 Å². The van der Waals surface area contributed by atoms with E-state index < -0.39 is 36.0 Å². The number of carbonyl (C=O) groups excluding carboxylic acids is 4. The molecule has 0 aromatic heterocycles. The highest BCUT2D eigenvalue weighted by Gasteiger charge is 2.51. The van der Waals surface area contributed by atoms with E-state index in [4.69, 9.17) is 0 Å². The van der Waals surface area contributed by atoms with Gasteiger partial charge in [0.05, 0.1) is 11.1 Å². The van der Waals surface area contributed by atoms with E-state index in [2.05, 4.69) is 0 Å². The normalized spacial score (nSPS) is 25.2. The molecule has 1 aromatic rings. The smallest absolute Gasteiger partial charge is 0.350 e. The van der Waals surface area contributed by atoms with Gasteiger partial charge in [-0.25, -0.2) is 4.79 Å². The van der Waals surface area contributed by atoms with E-state index in [0.717, 1.165) is 0 Å². The Morgan fingerprint density at radius 2 is 1.52 bits per heavy atom. The molecule has 0 saturated carbocycles. The van der Waals surface area contributed by atoms with Crippen molar-refractivity contribution in [1.82, 2.24) is 15.3 Å². The number of amides is 5. The van der Waals surface area contributed by atoms with Crippen molar-refractivity contribution in [3.63, 3.8) is 0 Å². The standard InChI is InChI=1S/C12H9N3O6/c16-8-7(11(19)15(21)12(20)13-8)14-9(17)5-3-1-2-4-6(5)10(14)18/h1-4,7,11,19,21H,(H,13,16,20). The topological polar surface area (TPSA) is 127 Å². The second-order valence-corrected chi connectivity index (χ2v) is 4.52. The third-order valence-electron chi connectivity index (χ3n) is 3.34. The van der Waals surface area contributed by atoms with Crippen LogP contribution in [0.4, 0.5) is 4.79 Å². The van der Waals surface area contributed by atoms with Crippen LogP contribution in [-0.4, -0.2) is 56.3 Å². The van der Waals surface area contributed by atoms with Crippen LogP contribution in [0.1, 0.15) is 20.7 Å². The number of hydrogen-bond acceptors (Lipinski definition) is 6. The number of aliphatic hydroxyl groups excluding tert-OH is 1. The number of nitrogens with one attached hydrogen (secondary N) is 1. The van der Waals surface area contributed by atoms with Crippen LogP contribution in [0.3, 0.4) is 0 Å². The lowest BCUT2D eigenvalue weighted by Crippen LogP contribution is -2.67. The molecule has 2 atom stereocenters. The first-order valence-corrected chi connectivity index (χ1v) is 5.91. The summed E-state index contributed by atoms with van der Waals surface area (Å²) in [5.41, 5.74) is 0.174. The van der Waals surface area contributed by atoms with E-state index in [1.165, 1.54) is 12.1 Å². The molecule has 2 unspecified atom stereocenters. The molecule has 1 aromatic carbocycles. The van der Waals surface area contributed by atoms with Crippen molar-refractivity contribution in [2.24, 2.45) is 0 Å². The van der Waals surface area contributed by atoms with Crippen molar-refractivity contribution in [2.45, 2.75) is 12.3 Å². The van der Waals surface area contributed by atoms with Crippen LogP contribution in [0.15, 0.2) is 24.3 Å². The Morgan fingerprint density at radius 1 is 1.00 bits per heavy atom. The molecule has 0 spiro atoms. The summed E-state index contributed by atoms with van der Waals surface area (Å²) in [5, 5.41) is 20.8. The predicted octanol–water partition coefficient (Wildman–Crippen LogP) is -1.09. The Labute approximate surface area is 117 Å². The van der Waals surface area contributed by atoms with Crippen molar-refractivity contribution in [3.05, 3.63) is 35.4 Å². The first-order chi connectivity index (χ1) is 9.93. The maximum absolute atomic E-state index is 12.2. The second-order valence-electron chi connectivity index (χ2n) is 4.52. The molecule has 0 radical (unpaired) electrons. The number of hydroxylamine groups is 2. The zero-order valence-corrected chi connectivity index (χ0v) is 10.4. The zero-order valence-electron chi connectivity index (χ0n) is 10.4. The van der Waals surface area contributed by atoms with Crippen molar-refractivity contribution < 1.29 is 29.5 Å². The summed E-state index contributed by atoms with van der Waals surface area (Å²) in [6.45, 7) is 0. The molecule has 9 heteroatoms. The number of aliphatic hydroxyl groups is 1. The summed E-state index contributed by atoms with van der Waals surface area (Å²) in [6, 6.07) is 2.95. The molecule has 3 N–H and O–H groups in total. The minimum absolute atomic E-state index is 0.0869. The van der Waals surface area contributed by atoms with Gasteiger partial charge in [0.2, 0.25) is 0 Å². The minimum Gasteiger partial charge on any atom is -0.369 e. The van der Waals surface area contributed by atoms with Crippen molar-refractivity contribution in [1.29, 1.82) is 0 Å². The Kier molecular flexibility index (Phi) is 2.75. The van der Waals surface area contributed by atoms with E-state index in [1.807, 2.05) is 0 Å². The number of urea groups is 1. The van der Waals surface area contributed by atoms with Gasteiger partial charge in [-0.3, -0.25) is 29.8 Å². The summed E-state index contributed by atoms with van der Waals surface area (Å²) >= 11 is 0. The maximum atomic E-state index is 12.2. The summed E-state index contributed by atoms with van der Waals surface area (Å²) in [7, 11) is 0. The molecule has 2 aliphatic rings. The van der Waals surface area contributed by atoms with Gasteiger partial charge in [0.1, 0.15) is 0 Å². The third kappa shape index (κ3) is 1.72. The fourth-order valence-electron chi connectivity index (χ4n) is 2.34. The van der Waals surface area contributed by atoms with Crippen molar-refractivity contribution in [3.8, 4) is 0 Å². The highest BCUT2D eigenvalue weighted by molar-refractivity contribution is 6.23. The first-order valence-electron chi connectivity index (χ1n) is 5.91. The molecule has 1 saturated heterocycles. The molecule has 108 valence electrons. The highest BCUT2D eigenvalue weighted by Crippen LogP contribution is 2.27. The second kappa shape index (κ2) is 4.36. The average molecular weight is 291 g/mol. The number of hydrogen-bond donors (Lipinski definition) is 3. The van der Waals surface area contributed by atoms with Gasteiger partial charge in [-0.05, 0) is 12.1 Å². The average Bonchev–Trinajstić information content (AvgIpc) is 2.71. The lowest BCUT2D eigenvalue weighted by molar-refractivity contribution is -0.188. The zero-order chi connectivity index (χ0) is 15.3. The molecule has 1 fully saturated rings. The molecule has 21 heavy (non-hydrogen) atoms. The van der Waals surface area contributed by atoms with Crippen LogP contribution in [0.5, 0.6) is 0 Å². The lowest BCUT2D eigenvalue weighted by Gasteiger charge is -2.36. The van der Waals surface area contributed by atoms with Gasteiger partial charge < -0.3 is 5.11 Å². The van der Waals surface area contributed by atoms with Crippen molar-refractivity contribution >= 4 is 23.8 Å². The number of carbonyl (C=O) groups is 4. The Hall–Kier alpha value is -2.78. The van der Waals surface area contributed by atoms with Crippen LogP contribution in [0.2, 0.25) is 0 Å². The highest BCUT2D eigenvalue weighted by atomic mass is 16.6. The molecule has 0 bridgehead atoms. The lowest BCUT2D eigenvalue weighted by atomic mass is 10.1. The van der Waals surface area contributed by atoms with Gasteiger partial charge in [0.15, 0.2) is 12.3 Å². The fraction of sp³-hybridized carbons (Fsp3) is 0.167. The van der Waals surface area contributed by atoms with Crippen LogP contribution >= 0.6 is 0 Å². The molecule has 9 nitrogen and oxygen atoms in total. The summed E-state index contributed by atoms with van der Waals surface area (Å²) < 4.78 is 0. The Morgan fingerprint density at radius 3 is 2.05 bits per heavy atom. The van der Waals surface area contributed by atoms with E-state index in [-0.39, 0.29) is 16.2 Å². The maximum Gasteiger partial charge on any atom is 0.350 e. The molecule has 0 aliphatic carbocycles. The number of nitrogens with zero attached hydrogens (tertiary/aromatic N) is 2. The summed E-state index contributed by atoms with van der Waals surface area (Å²) in [6.07, 6.45) is -2.03. The van der Waals surface area contributed by atoms with Gasteiger partial charge in [0, 0.05) is 0 Å². The minimum atomic E-state index is -2.03. The molecular formula is C12H9N3O6. The van der Waals surface area contributed by atoms with E-state index in [1.54, 1.807) is 17.4 Å². The SMILES string of the molecule is O=C1NC(=O)N(O)C(O)C1N1C(=O)c2ccccc2C1=O. The summed E-state index contributed by atoms with van der Waals surface area (Å²) in [4.78, 5) is 47.9. The van der Waals surface area contributed by atoms with Gasteiger partial charge in [-0.1, -0.05) is 12.1 Å². The van der Waals surface area contributed by atoms with Crippen LogP contribution < -0.4 is 5.32 Å². The van der Waals surface area contributed by atoms with Gasteiger partial charge in [-0.2, -0.15) is 5.06 Å². The molecule has 3 rings (SSSR count). The molecule has 2 aliphatic heterocycles. The van der Waals surface area contributed by atoms with Gasteiger partial charge in [-0.15, -0.1) is 0 Å². The monoisotopic (exact) mass is 291 g/mol. The van der Waals surface area contributed by atoms with E-state index in [9.17, 15) is 29.5 Å². The summed E-state index contributed by atoms with van der Waals surface area (Å²) in [5.74, 6) is -2.61. The van der Waals surface area contributed by atoms with Crippen molar-refractivity contribution in [2.75, 3.05) is 0 Å². The van der Waals surface area contributed by atoms with E-state index in [0.29, 0.717) is 4.90 Å². The number of fused-ring (bicyclic) bond motifs is 1.